The molecule has 2 aromatic rings. The lowest BCUT2D eigenvalue weighted by molar-refractivity contribution is 0.0519. The summed E-state index contributed by atoms with van der Waals surface area (Å²) in [6.07, 6.45) is 1.48. The van der Waals surface area contributed by atoms with Crippen molar-refractivity contribution in [3.63, 3.8) is 0 Å². The van der Waals surface area contributed by atoms with Gasteiger partial charge in [0, 0.05) is 0 Å². The van der Waals surface area contributed by atoms with Gasteiger partial charge in [-0.25, -0.2) is 9.48 Å². The lowest BCUT2D eigenvalue weighted by Crippen LogP contribution is -2.04. The van der Waals surface area contributed by atoms with Crippen molar-refractivity contribution in [2.24, 2.45) is 0 Å². The van der Waals surface area contributed by atoms with Crippen molar-refractivity contribution in [1.29, 1.82) is 0 Å². The van der Waals surface area contributed by atoms with Crippen molar-refractivity contribution in [3.8, 4) is 11.4 Å². The number of carbonyl (C=O) groups is 1. The normalized spacial score (nSPS) is 10.2. The second-order valence-electron chi connectivity index (χ2n) is 3.29. The van der Waals surface area contributed by atoms with Crippen molar-refractivity contribution in [1.82, 2.24) is 15.0 Å². The van der Waals surface area contributed by atoms with E-state index in [9.17, 15) is 4.79 Å². The van der Waals surface area contributed by atoms with Crippen LogP contribution in [0.1, 0.15) is 17.4 Å². The molecule has 0 aliphatic heterocycles. The molecule has 88 valence electrons. The van der Waals surface area contributed by atoms with Crippen LogP contribution in [0.15, 0.2) is 30.5 Å². The molecular weight excluding hydrogens is 222 g/mol. The van der Waals surface area contributed by atoms with Crippen LogP contribution in [0.25, 0.3) is 5.69 Å². The minimum absolute atomic E-state index is 0.153. The number of aromatic nitrogens is 3. The zero-order valence-electron chi connectivity index (χ0n) is 9.20. The Morgan fingerprint density at radius 2 is 2.12 bits per heavy atom. The third-order valence-electron chi connectivity index (χ3n) is 2.09. The van der Waals surface area contributed by atoms with E-state index in [2.05, 4.69) is 10.3 Å². The van der Waals surface area contributed by atoms with Crippen LogP contribution < -0.4 is 0 Å². The van der Waals surface area contributed by atoms with Crippen LogP contribution in [0.2, 0.25) is 0 Å². The van der Waals surface area contributed by atoms with Gasteiger partial charge in [-0.15, -0.1) is 5.10 Å². The average Bonchev–Trinajstić information content (AvgIpc) is 2.80. The number of rotatable bonds is 3. The van der Waals surface area contributed by atoms with Crippen LogP contribution in [0.4, 0.5) is 0 Å². The molecule has 17 heavy (non-hydrogen) atoms. The Kier molecular flexibility index (Phi) is 3.04. The van der Waals surface area contributed by atoms with Crippen molar-refractivity contribution >= 4 is 5.97 Å². The van der Waals surface area contributed by atoms with Gasteiger partial charge in [0.1, 0.15) is 5.75 Å². The number of hydrogen-bond donors (Lipinski definition) is 1. The van der Waals surface area contributed by atoms with E-state index in [4.69, 9.17) is 9.84 Å². The molecule has 6 heteroatoms. The SMILES string of the molecule is CCOC(=O)c1cn(-c2ccc(O)cc2)nn1. The molecule has 0 atom stereocenters. The fraction of sp³-hybridized carbons (Fsp3) is 0.182. The van der Waals surface area contributed by atoms with Crippen LogP contribution in [-0.4, -0.2) is 32.7 Å². The van der Waals surface area contributed by atoms with Gasteiger partial charge in [0.05, 0.1) is 18.5 Å². The standard InChI is InChI=1S/C11H11N3O3/c1-2-17-11(16)10-7-14(13-12-10)8-3-5-9(15)6-4-8/h3-7,15H,2H2,1H3. The summed E-state index contributed by atoms with van der Waals surface area (Å²) in [6, 6.07) is 6.39. The molecule has 0 bridgehead atoms. The maximum atomic E-state index is 11.4. The van der Waals surface area contributed by atoms with Crippen LogP contribution in [0.5, 0.6) is 5.75 Å². The number of aromatic hydroxyl groups is 1. The molecule has 0 fully saturated rings. The summed E-state index contributed by atoms with van der Waals surface area (Å²) in [6.45, 7) is 2.02. The van der Waals surface area contributed by atoms with Gasteiger partial charge in [-0.05, 0) is 31.2 Å². The Balaban J connectivity index is 2.23. The van der Waals surface area contributed by atoms with E-state index in [1.165, 1.54) is 23.0 Å². The number of phenolic OH excluding ortho intramolecular Hbond substituents is 1. The quantitative estimate of drug-likeness (QED) is 0.804. The lowest BCUT2D eigenvalue weighted by atomic mass is 10.3. The molecule has 1 N–H and O–H groups in total. The van der Waals surface area contributed by atoms with Crippen molar-refractivity contribution < 1.29 is 14.6 Å². The highest BCUT2D eigenvalue weighted by molar-refractivity contribution is 5.86. The molecule has 0 saturated carbocycles. The molecule has 1 heterocycles. The van der Waals surface area contributed by atoms with Gasteiger partial charge in [-0.1, -0.05) is 5.21 Å². The number of hydrogen-bond acceptors (Lipinski definition) is 5. The van der Waals surface area contributed by atoms with Crippen molar-refractivity contribution in [2.75, 3.05) is 6.61 Å². The molecule has 1 aromatic heterocycles. The fourth-order valence-corrected chi connectivity index (χ4v) is 1.29. The van der Waals surface area contributed by atoms with Crippen LogP contribution >= 0.6 is 0 Å². The third-order valence-corrected chi connectivity index (χ3v) is 2.09. The first-order valence-corrected chi connectivity index (χ1v) is 5.09. The van der Waals surface area contributed by atoms with Gasteiger partial charge in [0.15, 0.2) is 5.69 Å². The van der Waals surface area contributed by atoms with Gasteiger partial charge in [-0.3, -0.25) is 0 Å². The van der Waals surface area contributed by atoms with Gasteiger partial charge in [0.2, 0.25) is 0 Å². The molecule has 0 spiro atoms. The summed E-state index contributed by atoms with van der Waals surface area (Å²) in [5.74, 6) is -0.336. The topological polar surface area (TPSA) is 77.2 Å². The Morgan fingerprint density at radius 1 is 1.41 bits per heavy atom. The van der Waals surface area contributed by atoms with E-state index < -0.39 is 5.97 Å². The zero-order chi connectivity index (χ0) is 12.3. The maximum absolute atomic E-state index is 11.4. The molecule has 0 saturated heterocycles. The molecule has 2 rings (SSSR count). The number of ether oxygens (including phenoxy) is 1. The summed E-state index contributed by atoms with van der Waals surface area (Å²) in [7, 11) is 0. The predicted molar refractivity (Wildman–Crippen MR) is 59.0 cm³/mol. The van der Waals surface area contributed by atoms with E-state index in [-0.39, 0.29) is 11.4 Å². The van der Waals surface area contributed by atoms with E-state index in [0.29, 0.717) is 12.3 Å². The monoisotopic (exact) mass is 233 g/mol. The Labute approximate surface area is 97.4 Å². The van der Waals surface area contributed by atoms with Crippen LogP contribution in [-0.2, 0) is 4.74 Å². The Bertz CT molecular complexity index is 519. The number of esters is 1. The van der Waals surface area contributed by atoms with Gasteiger partial charge in [-0.2, -0.15) is 0 Å². The second kappa shape index (κ2) is 4.65. The highest BCUT2D eigenvalue weighted by Gasteiger charge is 2.11. The molecule has 0 unspecified atom stereocenters. The van der Waals surface area contributed by atoms with E-state index in [1.807, 2.05) is 0 Å². The lowest BCUT2D eigenvalue weighted by Gasteiger charge is -1.99. The summed E-state index contributed by atoms with van der Waals surface area (Å²) in [4.78, 5) is 11.4. The first-order valence-electron chi connectivity index (χ1n) is 5.09. The van der Waals surface area contributed by atoms with Crippen LogP contribution in [0, 0.1) is 0 Å². The van der Waals surface area contributed by atoms with E-state index in [0.717, 1.165) is 0 Å². The van der Waals surface area contributed by atoms with E-state index >= 15 is 0 Å². The second-order valence-corrected chi connectivity index (χ2v) is 3.29. The fourth-order valence-electron chi connectivity index (χ4n) is 1.29. The maximum Gasteiger partial charge on any atom is 0.360 e. The summed E-state index contributed by atoms with van der Waals surface area (Å²) < 4.78 is 6.24. The summed E-state index contributed by atoms with van der Waals surface area (Å²) in [5, 5.41) is 16.7. The zero-order valence-corrected chi connectivity index (χ0v) is 9.20. The minimum Gasteiger partial charge on any atom is -0.508 e. The number of carbonyl (C=O) groups excluding carboxylic acids is 1. The predicted octanol–water partition coefficient (Wildman–Crippen LogP) is 1.15. The molecule has 1 aromatic carbocycles. The number of phenols is 1. The van der Waals surface area contributed by atoms with Gasteiger partial charge >= 0.3 is 5.97 Å². The molecule has 0 amide bonds. The van der Waals surface area contributed by atoms with Gasteiger partial charge in [0.25, 0.3) is 0 Å². The molecule has 0 aliphatic rings. The minimum atomic E-state index is -0.502. The van der Waals surface area contributed by atoms with E-state index in [1.54, 1.807) is 19.1 Å². The summed E-state index contributed by atoms with van der Waals surface area (Å²) >= 11 is 0. The van der Waals surface area contributed by atoms with Crippen molar-refractivity contribution in [2.45, 2.75) is 6.92 Å². The number of benzene rings is 1. The average molecular weight is 233 g/mol. The largest absolute Gasteiger partial charge is 0.508 e. The highest BCUT2D eigenvalue weighted by atomic mass is 16.5. The molecule has 6 nitrogen and oxygen atoms in total. The van der Waals surface area contributed by atoms with Gasteiger partial charge < -0.3 is 9.84 Å². The van der Waals surface area contributed by atoms with Crippen LogP contribution in [0.3, 0.4) is 0 Å². The molecule has 0 aliphatic carbocycles. The Hall–Kier alpha value is -2.37. The molecular formula is C11H11N3O3. The van der Waals surface area contributed by atoms with Crippen molar-refractivity contribution in [3.05, 3.63) is 36.2 Å². The first kappa shape index (κ1) is 11.1. The third kappa shape index (κ3) is 2.41. The smallest absolute Gasteiger partial charge is 0.360 e. The number of nitrogens with zero attached hydrogens (tertiary/aromatic N) is 3. The highest BCUT2D eigenvalue weighted by Crippen LogP contribution is 2.13. The Morgan fingerprint density at radius 3 is 2.76 bits per heavy atom. The summed E-state index contributed by atoms with van der Waals surface area (Å²) in [5.41, 5.74) is 0.853. The first-order chi connectivity index (χ1) is 8.20. The molecule has 0 radical (unpaired) electrons.